The second-order valence-electron chi connectivity index (χ2n) is 7.80. The molecule has 0 heterocycles. The average Bonchev–Trinajstić information content (AvgIpc) is 2.42. The second-order valence-corrected chi connectivity index (χ2v) is 17.4. The molecule has 3 heteroatoms. The maximum Gasteiger partial charge on any atom is 0.122 e. The molecule has 0 aromatic rings. The van der Waals surface area contributed by atoms with Crippen LogP contribution < -0.4 is 0 Å². The minimum absolute atomic E-state index is 1.03. The first-order valence-corrected chi connectivity index (χ1v) is 15.6. The molecule has 0 saturated carbocycles. The first kappa shape index (κ1) is 21.1. The Kier molecular flexibility index (Phi) is 10.9. The van der Waals surface area contributed by atoms with Crippen LogP contribution in [0.25, 0.3) is 0 Å². The van der Waals surface area contributed by atoms with Crippen LogP contribution in [0.5, 0.6) is 0 Å². The van der Waals surface area contributed by atoms with Gasteiger partial charge in [0.15, 0.2) is 0 Å². The summed E-state index contributed by atoms with van der Waals surface area (Å²) in [5.74, 6) is 0. The van der Waals surface area contributed by atoms with E-state index in [0.29, 0.717) is 0 Å². The SMILES string of the molecule is C=C[Si](C)(C)CCCCCCCC[Si](C)(C)N(CC)CC. The highest BCUT2D eigenvalue weighted by molar-refractivity contribution is 6.82. The van der Waals surface area contributed by atoms with Crippen LogP contribution in [0.3, 0.4) is 0 Å². The van der Waals surface area contributed by atoms with Crippen molar-refractivity contribution < 1.29 is 0 Å². The van der Waals surface area contributed by atoms with Gasteiger partial charge in [0, 0.05) is 0 Å². The summed E-state index contributed by atoms with van der Waals surface area (Å²) in [6.45, 7) is 21.0. The molecule has 0 aliphatic carbocycles. The average molecular weight is 328 g/mol. The third-order valence-corrected chi connectivity index (χ3v) is 11.7. The molecule has 1 nitrogen and oxygen atoms in total. The van der Waals surface area contributed by atoms with E-state index in [1.807, 2.05) is 0 Å². The molecule has 0 aromatic heterocycles. The lowest BCUT2D eigenvalue weighted by molar-refractivity contribution is 0.461. The van der Waals surface area contributed by atoms with E-state index in [-0.39, 0.29) is 0 Å². The van der Waals surface area contributed by atoms with E-state index in [2.05, 4.69) is 56.9 Å². The molecule has 0 rings (SSSR count). The summed E-state index contributed by atoms with van der Waals surface area (Å²) in [7, 11) is -2.14. The topological polar surface area (TPSA) is 3.24 Å². The van der Waals surface area contributed by atoms with Gasteiger partial charge in [-0.15, -0.1) is 12.3 Å². The molecule has 0 aliphatic rings. The molecule has 0 radical (unpaired) electrons. The van der Waals surface area contributed by atoms with Crippen molar-refractivity contribution >= 4 is 16.3 Å². The summed E-state index contributed by atoms with van der Waals surface area (Å²) < 4.78 is 2.73. The summed E-state index contributed by atoms with van der Waals surface area (Å²) in [5, 5.41) is 0. The van der Waals surface area contributed by atoms with Crippen molar-refractivity contribution in [2.24, 2.45) is 0 Å². The molecule has 0 bridgehead atoms. The van der Waals surface area contributed by atoms with Crippen LogP contribution in [0.1, 0.15) is 52.4 Å². The molecule has 0 aliphatic heterocycles. The zero-order chi connectivity index (χ0) is 16.4. The van der Waals surface area contributed by atoms with Crippen LogP contribution in [0.4, 0.5) is 0 Å². The van der Waals surface area contributed by atoms with Crippen LogP contribution in [0, 0.1) is 0 Å². The summed E-state index contributed by atoms with van der Waals surface area (Å²) >= 11 is 0. The Morgan fingerprint density at radius 3 is 1.62 bits per heavy atom. The Labute approximate surface area is 137 Å². The van der Waals surface area contributed by atoms with Gasteiger partial charge >= 0.3 is 0 Å². The zero-order valence-corrected chi connectivity index (χ0v) is 17.8. The number of hydrogen-bond donors (Lipinski definition) is 0. The Morgan fingerprint density at radius 2 is 1.19 bits per heavy atom. The highest BCUT2D eigenvalue weighted by Crippen LogP contribution is 2.21. The largest absolute Gasteiger partial charge is 0.324 e. The molecule has 0 saturated heterocycles. The van der Waals surface area contributed by atoms with Gasteiger partial charge in [-0.3, -0.25) is 0 Å². The van der Waals surface area contributed by atoms with Gasteiger partial charge in [0.2, 0.25) is 0 Å². The van der Waals surface area contributed by atoms with Crippen molar-refractivity contribution in [1.29, 1.82) is 0 Å². The Bertz CT molecular complexity index is 270. The first-order chi connectivity index (χ1) is 9.79. The molecular formula is C18H41NSi2. The molecule has 21 heavy (non-hydrogen) atoms. The standard InChI is InChI=1S/C18H41NSi2/c1-8-19(9-2)21(6,7)18-16-14-12-11-13-15-17-20(4,5)10-3/h10H,3,8-9,11-18H2,1-2,4-7H3. The van der Waals surface area contributed by atoms with E-state index in [4.69, 9.17) is 0 Å². The smallest absolute Gasteiger partial charge is 0.122 e. The van der Waals surface area contributed by atoms with Gasteiger partial charge in [-0.2, -0.15) is 0 Å². The monoisotopic (exact) mass is 327 g/mol. The summed E-state index contributed by atoms with van der Waals surface area (Å²) in [5.41, 5.74) is 2.24. The van der Waals surface area contributed by atoms with Gasteiger partial charge in [-0.1, -0.05) is 84.6 Å². The fraction of sp³-hybridized carbons (Fsp3) is 0.889. The van der Waals surface area contributed by atoms with Gasteiger partial charge < -0.3 is 4.57 Å². The van der Waals surface area contributed by atoms with E-state index >= 15 is 0 Å². The predicted octanol–water partition coefficient (Wildman–Crippen LogP) is 6.31. The van der Waals surface area contributed by atoms with Crippen LogP contribution in [-0.4, -0.2) is 34.0 Å². The lowest BCUT2D eigenvalue weighted by Crippen LogP contribution is -2.48. The van der Waals surface area contributed by atoms with E-state index in [0.717, 1.165) is 0 Å². The molecule has 0 atom stereocenters. The van der Waals surface area contributed by atoms with E-state index < -0.39 is 16.3 Å². The van der Waals surface area contributed by atoms with Gasteiger partial charge in [0.05, 0.1) is 8.07 Å². The number of rotatable bonds is 13. The van der Waals surface area contributed by atoms with Crippen LogP contribution in [-0.2, 0) is 0 Å². The fourth-order valence-electron chi connectivity index (χ4n) is 3.19. The van der Waals surface area contributed by atoms with E-state index in [9.17, 15) is 0 Å². The van der Waals surface area contributed by atoms with Crippen LogP contribution in [0.15, 0.2) is 12.3 Å². The van der Waals surface area contributed by atoms with Gasteiger partial charge in [-0.25, -0.2) is 0 Å². The summed E-state index contributed by atoms with van der Waals surface area (Å²) in [6.07, 6.45) is 8.63. The van der Waals surface area contributed by atoms with Crippen molar-refractivity contribution in [2.75, 3.05) is 13.1 Å². The number of hydrogen-bond acceptors (Lipinski definition) is 1. The Morgan fingerprint density at radius 1 is 0.762 bits per heavy atom. The van der Waals surface area contributed by atoms with Crippen LogP contribution in [0.2, 0.25) is 38.3 Å². The third kappa shape index (κ3) is 9.69. The van der Waals surface area contributed by atoms with Crippen molar-refractivity contribution in [3.63, 3.8) is 0 Å². The van der Waals surface area contributed by atoms with Gasteiger partial charge in [0.1, 0.15) is 8.24 Å². The van der Waals surface area contributed by atoms with Crippen molar-refractivity contribution in [2.45, 2.75) is 90.6 Å². The molecule has 0 unspecified atom stereocenters. The predicted molar refractivity (Wildman–Crippen MR) is 105 cm³/mol. The normalized spacial score (nSPS) is 12.9. The lowest BCUT2D eigenvalue weighted by atomic mass is 10.1. The highest BCUT2D eigenvalue weighted by Gasteiger charge is 2.26. The van der Waals surface area contributed by atoms with Crippen molar-refractivity contribution in [3.8, 4) is 0 Å². The maximum absolute atomic E-state index is 3.98. The summed E-state index contributed by atoms with van der Waals surface area (Å²) in [4.78, 5) is 0. The number of unbranched alkanes of at least 4 members (excludes halogenated alkanes) is 5. The van der Waals surface area contributed by atoms with E-state index in [1.54, 1.807) is 0 Å². The Balaban J connectivity index is 3.62. The Hall–Kier alpha value is 0.134. The highest BCUT2D eigenvalue weighted by atomic mass is 28.3. The third-order valence-electron chi connectivity index (χ3n) is 5.03. The molecule has 0 amide bonds. The quantitative estimate of drug-likeness (QED) is 0.283. The minimum Gasteiger partial charge on any atom is -0.324 e. The van der Waals surface area contributed by atoms with Crippen LogP contribution >= 0.6 is 0 Å². The van der Waals surface area contributed by atoms with Crippen molar-refractivity contribution in [1.82, 2.24) is 4.57 Å². The number of nitrogens with zero attached hydrogens (tertiary/aromatic N) is 1. The minimum atomic E-state index is -1.11. The van der Waals surface area contributed by atoms with Crippen molar-refractivity contribution in [3.05, 3.63) is 12.3 Å². The first-order valence-electron chi connectivity index (χ1n) is 9.17. The maximum atomic E-state index is 3.98. The summed E-state index contributed by atoms with van der Waals surface area (Å²) in [6, 6.07) is 2.91. The van der Waals surface area contributed by atoms with Gasteiger partial charge in [0.25, 0.3) is 0 Å². The molecule has 0 N–H and O–H groups in total. The molecular weight excluding hydrogens is 286 g/mol. The second kappa shape index (κ2) is 10.8. The molecule has 0 aromatic carbocycles. The molecule has 0 spiro atoms. The fourth-order valence-corrected chi connectivity index (χ4v) is 7.69. The molecule has 126 valence electrons. The van der Waals surface area contributed by atoms with Gasteiger partial charge in [-0.05, 0) is 19.1 Å². The lowest BCUT2D eigenvalue weighted by Gasteiger charge is -2.35. The zero-order valence-electron chi connectivity index (χ0n) is 15.8. The molecule has 0 fully saturated rings. The van der Waals surface area contributed by atoms with E-state index in [1.165, 1.54) is 63.7 Å².